The molecule has 0 unspecified atom stereocenters. The highest BCUT2D eigenvalue weighted by molar-refractivity contribution is 6.17. The standard InChI is InChI=1S/C54H42N2.CH4/c1-53(2)43-28-13-9-23-40(43)51-44(53)29-18-33-48(51)56(49-34-17-26-39-36-21-8-12-27-42(36)54(3,4)52(39)49)45-30-14-10-22-37(45)38-25-16-32-47-50(38)41-24-11-15-31-46(41)55(47)35-19-6-5-7-20-35;/h5-34H,1-4H3;1H4. The fourth-order valence-electron chi connectivity index (χ4n) is 10.3. The van der Waals surface area contributed by atoms with E-state index in [1.807, 2.05) is 0 Å². The molecule has 0 atom stereocenters. The molecule has 0 radical (unpaired) electrons. The zero-order valence-electron chi connectivity index (χ0n) is 32.2. The van der Waals surface area contributed by atoms with Crippen LogP contribution in [0.4, 0.5) is 17.1 Å². The molecule has 0 N–H and O–H groups in total. The van der Waals surface area contributed by atoms with E-state index in [-0.39, 0.29) is 18.3 Å². The van der Waals surface area contributed by atoms with Crippen LogP contribution < -0.4 is 4.90 Å². The second-order valence-electron chi connectivity index (χ2n) is 16.5. The maximum Gasteiger partial charge on any atom is 0.0547 e. The maximum atomic E-state index is 2.61. The molecule has 0 fully saturated rings. The SMILES string of the molecule is C.CC1(C)c2ccccc2-c2c(N(c3ccccc3-c3cccc4c3c3ccccc3n4-c3ccccc3)c3cccc4c3C(C)(C)c3ccccc3-4)cccc21. The first-order valence-corrected chi connectivity index (χ1v) is 19.8. The highest BCUT2D eigenvalue weighted by atomic mass is 15.2. The van der Waals surface area contributed by atoms with Crippen molar-refractivity contribution in [2.45, 2.75) is 46.0 Å². The van der Waals surface area contributed by atoms with E-state index in [4.69, 9.17) is 0 Å². The number of para-hydroxylation sites is 3. The molecule has 0 spiro atoms. The third kappa shape index (κ3) is 4.83. The zero-order chi connectivity index (χ0) is 37.8. The molecule has 276 valence electrons. The van der Waals surface area contributed by atoms with Crippen molar-refractivity contribution in [3.63, 3.8) is 0 Å². The van der Waals surface area contributed by atoms with Crippen LogP contribution in [0.25, 0.3) is 60.9 Å². The van der Waals surface area contributed by atoms with Crippen LogP contribution in [0, 0.1) is 0 Å². The second-order valence-corrected chi connectivity index (χ2v) is 16.5. The van der Waals surface area contributed by atoms with Crippen molar-refractivity contribution in [1.82, 2.24) is 4.57 Å². The first-order chi connectivity index (χ1) is 27.4. The Morgan fingerprint density at radius 3 is 1.72 bits per heavy atom. The van der Waals surface area contributed by atoms with Crippen LogP contribution in [0.2, 0.25) is 0 Å². The number of benzene rings is 8. The lowest BCUT2D eigenvalue weighted by Crippen LogP contribution is -2.21. The molecule has 0 bridgehead atoms. The van der Waals surface area contributed by atoms with Crippen molar-refractivity contribution in [1.29, 1.82) is 0 Å². The second kappa shape index (κ2) is 12.7. The molecule has 0 aliphatic heterocycles. The van der Waals surface area contributed by atoms with Gasteiger partial charge in [-0.05, 0) is 87.0 Å². The van der Waals surface area contributed by atoms with E-state index in [0.29, 0.717) is 0 Å². The molecule has 0 saturated heterocycles. The van der Waals surface area contributed by atoms with Gasteiger partial charge >= 0.3 is 0 Å². The summed E-state index contributed by atoms with van der Waals surface area (Å²) in [6.07, 6.45) is 0. The average Bonchev–Trinajstić information content (AvgIpc) is 3.79. The molecule has 2 nitrogen and oxygen atoms in total. The van der Waals surface area contributed by atoms with Gasteiger partial charge in [-0.2, -0.15) is 0 Å². The minimum absolute atomic E-state index is 0. The first-order valence-electron chi connectivity index (χ1n) is 19.8. The largest absolute Gasteiger partial charge is 0.309 e. The topological polar surface area (TPSA) is 8.17 Å². The van der Waals surface area contributed by atoms with E-state index >= 15 is 0 Å². The van der Waals surface area contributed by atoms with E-state index in [9.17, 15) is 0 Å². The Labute approximate surface area is 336 Å². The fourth-order valence-corrected chi connectivity index (χ4v) is 10.3. The van der Waals surface area contributed by atoms with Crippen LogP contribution in [0.15, 0.2) is 182 Å². The van der Waals surface area contributed by atoms with Crippen molar-refractivity contribution in [3.8, 4) is 39.1 Å². The van der Waals surface area contributed by atoms with Crippen LogP contribution in [0.1, 0.15) is 57.4 Å². The molecule has 0 saturated carbocycles. The highest BCUT2D eigenvalue weighted by Gasteiger charge is 2.41. The van der Waals surface area contributed by atoms with Gasteiger partial charge in [-0.15, -0.1) is 0 Å². The van der Waals surface area contributed by atoms with E-state index in [2.05, 4.69) is 219 Å². The van der Waals surface area contributed by atoms with Crippen molar-refractivity contribution in [3.05, 3.63) is 204 Å². The fraction of sp³-hybridized carbons (Fsp3) is 0.127. The normalized spacial score (nSPS) is 14.1. The summed E-state index contributed by atoms with van der Waals surface area (Å²) in [6.45, 7) is 9.56. The molecule has 1 heterocycles. The Morgan fingerprint density at radius 2 is 0.912 bits per heavy atom. The van der Waals surface area contributed by atoms with E-state index < -0.39 is 0 Å². The Balaban J connectivity index is 0.00000396. The van der Waals surface area contributed by atoms with Gasteiger partial charge in [0.2, 0.25) is 0 Å². The summed E-state index contributed by atoms with van der Waals surface area (Å²) in [5.41, 5.74) is 19.9. The van der Waals surface area contributed by atoms with Gasteiger partial charge in [0.1, 0.15) is 0 Å². The lowest BCUT2D eigenvalue weighted by molar-refractivity contribution is 0.659. The number of aromatic nitrogens is 1. The maximum absolute atomic E-state index is 2.61. The molecule has 2 aliphatic carbocycles. The average molecular weight is 735 g/mol. The highest BCUT2D eigenvalue weighted by Crippen LogP contribution is 2.59. The summed E-state index contributed by atoms with van der Waals surface area (Å²) in [4.78, 5) is 2.61. The van der Waals surface area contributed by atoms with Crippen LogP contribution >= 0.6 is 0 Å². The first kappa shape index (κ1) is 34.8. The van der Waals surface area contributed by atoms with Crippen LogP contribution in [-0.4, -0.2) is 4.57 Å². The third-order valence-electron chi connectivity index (χ3n) is 12.8. The summed E-state index contributed by atoms with van der Waals surface area (Å²) >= 11 is 0. The van der Waals surface area contributed by atoms with Crippen LogP contribution in [0.3, 0.4) is 0 Å². The van der Waals surface area contributed by atoms with Crippen LogP contribution in [0.5, 0.6) is 0 Å². The van der Waals surface area contributed by atoms with Gasteiger partial charge in [0, 0.05) is 38.4 Å². The van der Waals surface area contributed by atoms with Gasteiger partial charge in [-0.25, -0.2) is 0 Å². The lowest BCUT2D eigenvalue weighted by atomic mass is 9.81. The van der Waals surface area contributed by atoms with Gasteiger partial charge in [0.05, 0.1) is 28.1 Å². The predicted molar refractivity (Wildman–Crippen MR) is 243 cm³/mol. The number of nitrogens with zero attached hydrogens (tertiary/aromatic N) is 2. The van der Waals surface area contributed by atoms with E-state index in [0.717, 1.165) is 11.4 Å². The minimum atomic E-state index is -0.214. The van der Waals surface area contributed by atoms with Gasteiger partial charge in [0.25, 0.3) is 0 Å². The molecule has 0 amide bonds. The number of rotatable bonds is 5. The quantitative estimate of drug-likeness (QED) is 0.171. The summed E-state index contributed by atoms with van der Waals surface area (Å²) in [5, 5.41) is 2.51. The van der Waals surface area contributed by atoms with Crippen molar-refractivity contribution in [2.75, 3.05) is 4.90 Å². The molecule has 9 aromatic rings. The zero-order valence-corrected chi connectivity index (χ0v) is 32.2. The molecule has 2 aliphatic rings. The van der Waals surface area contributed by atoms with Gasteiger partial charge < -0.3 is 9.47 Å². The Kier molecular flexibility index (Phi) is 7.76. The summed E-state index contributed by atoms with van der Waals surface area (Å²) in [6, 6.07) is 67.5. The van der Waals surface area contributed by atoms with Gasteiger partial charge in [0.15, 0.2) is 0 Å². The molecular formula is C55H46N2. The Hall–Kier alpha value is -6.64. The van der Waals surface area contributed by atoms with E-state index in [1.54, 1.807) is 0 Å². The lowest BCUT2D eigenvalue weighted by Gasteiger charge is -2.35. The molecule has 2 heteroatoms. The van der Waals surface area contributed by atoms with Gasteiger partial charge in [-0.3, -0.25) is 0 Å². The third-order valence-corrected chi connectivity index (χ3v) is 12.8. The smallest absolute Gasteiger partial charge is 0.0547 e. The number of anilines is 3. The van der Waals surface area contributed by atoms with E-state index in [1.165, 1.54) is 88.8 Å². The summed E-state index contributed by atoms with van der Waals surface area (Å²) < 4.78 is 2.42. The van der Waals surface area contributed by atoms with Gasteiger partial charge in [-0.1, -0.05) is 175 Å². The molecule has 11 rings (SSSR count). The molecule has 57 heavy (non-hydrogen) atoms. The summed E-state index contributed by atoms with van der Waals surface area (Å²) in [5.74, 6) is 0. The number of hydrogen-bond acceptors (Lipinski definition) is 1. The monoisotopic (exact) mass is 734 g/mol. The van der Waals surface area contributed by atoms with Crippen molar-refractivity contribution < 1.29 is 0 Å². The molecule has 8 aromatic carbocycles. The summed E-state index contributed by atoms with van der Waals surface area (Å²) in [7, 11) is 0. The van der Waals surface area contributed by atoms with Crippen LogP contribution in [-0.2, 0) is 10.8 Å². The molecule has 1 aromatic heterocycles. The number of hydrogen-bond donors (Lipinski definition) is 0. The van der Waals surface area contributed by atoms with Crippen molar-refractivity contribution >= 4 is 38.9 Å². The Morgan fingerprint density at radius 1 is 0.386 bits per heavy atom. The molecular weight excluding hydrogens is 689 g/mol. The van der Waals surface area contributed by atoms with Crippen molar-refractivity contribution in [2.24, 2.45) is 0 Å². The predicted octanol–water partition coefficient (Wildman–Crippen LogP) is 15.2. The number of fused-ring (bicyclic) bond motifs is 9. The Bertz CT molecular complexity index is 3030. The minimum Gasteiger partial charge on any atom is -0.309 e.